The van der Waals surface area contributed by atoms with Gasteiger partial charge in [0.25, 0.3) is 5.91 Å². The molecule has 1 unspecified atom stereocenters. The molecule has 0 bridgehead atoms. The predicted molar refractivity (Wildman–Crippen MR) is 317 cm³/mol. The summed E-state index contributed by atoms with van der Waals surface area (Å²) in [6, 6.07) is 19.8. The molecule has 22 nitrogen and oxygen atoms in total. The van der Waals surface area contributed by atoms with E-state index in [4.69, 9.17) is 45.3 Å². The second-order valence-corrected chi connectivity index (χ2v) is 19.0. The Bertz CT molecular complexity index is 1740. The molecule has 1 heterocycles. The predicted octanol–water partition coefficient (Wildman–Crippen LogP) is 4.41. The van der Waals surface area contributed by atoms with Crippen LogP contribution in [-0.4, -0.2) is 205 Å². The Balaban J connectivity index is -0.000000445. The van der Waals surface area contributed by atoms with Crippen molar-refractivity contribution in [2.45, 2.75) is 108 Å². The molecule has 6 fully saturated rings. The average Bonchev–Trinajstić information content (AvgIpc) is 4.30. The van der Waals surface area contributed by atoms with E-state index in [1.54, 1.807) is 42.6 Å². The summed E-state index contributed by atoms with van der Waals surface area (Å²) in [5.74, 6) is 1.37. The summed E-state index contributed by atoms with van der Waals surface area (Å²) in [6.07, 6.45) is 16.2. The number of Topliss-reactive ketones (excluding diaryl/α,β-unsaturated/α-hetero) is 1. The molecule has 3 amide bonds. The average molecular weight is 1300 g/mol. The van der Waals surface area contributed by atoms with Crippen LogP contribution < -0.4 is 37.9 Å². The monoisotopic (exact) mass is 1300 g/mol. The molecular formula is C57H98BrCl2MgN5O17. The zero-order valence-electron chi connectivity index (χ0n) is 50.7. The van der Waals surface area contributed by atoms with Gasteiger partial charge in [-0.1, -0.05) is 60.7 Å². The Labute approximate surface area is 532 Å². The second-order valence-electron chi connectivity index (χ2n) is 18.8. The molecule has 1 aliphatic heterocycles. The van der Waals surface area contributed by atoms with E-state index in [0.29, 0.717) is 56.8 Å². The molecule has 8 rings (SSSR count). The van der Waals surface area contributed by atoms with Crippen molar-refractivity contribution in [2.75, 3.05) is 124 Å². The van der Waals surface area contributed by atoms with Crippen LogP contribution in [0.1, 0.15) is 88.2 Å². The molecule has 26 heteroatoms. The number of nitrogens with zero attached hydrogens (tertiary/aromatic N) is 1. The summed E-state index contributed by atoms with van der Waals surface area (Å²) in [7, 11) is 15.6. The molecule has 83 heavy (non-hydrogen) atoms. The number of hydrogen-bond acceptors (Lipinski definition) is 18. The number of methoxy groups -OCH3 is 6. The third kappa shape index (κ3) is 55.3. The number of ether oxygens (including phenoxy) is 9. The third-order valence-electron chi connectivity index (χ3n) is 11.6. The van der Waals surface area contributed by atoms with Gasteiger partial charge < -0.3 is 86.6 Å². The van der Waals surface area contributed by atoms with Crippen molar-refractivity contribution in [3.05, 3.63) is 78.2 Å². The van der Waals surface area contributed by atoms with Gasteiger partial charge in [0.05, 0.1) is 46.1 Å². The van der Waals surface area contributed by atoms with Gasteiger partial charge in [-0.3, -0.25) is 14.4 Å². The number of carbonyl (C=O) groups is 5. The van der Waals surface area contributed by atoms with Crippen LogP contribution in [0.15, 0.2) is 60.7 Å². The van der Waals surface area contributed by atoms with Crippen LogP contribution in [0.2, 0.25) is 0 Å². The van der Waals surface area contributed by atoms with Gasteiger partial charge in [0, 0.05) is 81.9 Å². The van der Waals surface area contributed by atoms with Gasteiger partial charge in [-0.15, -0.1) is 12.4 Å². The molecule has 0 spiro atoms. The Kier molecular flexibility index (Phi) is 61.8. The van der Waals surface area contributed by atoms with E-state index in [2.05, 4.69) is 51.3 Å². The summed E-state index contributed by atoms with van der Waals surface area (Å²) in [6.45, 7) is 4.59. The molecule has 1 saturated heterocycles. The van der Waals surface area contributed by atoms with Gasteiger partial charge >= 0.3 is 41.2 Å². The van der Waals surface area contributed by atoms with Crippen molar-refractivity contribution in [1.82, 2.24) is 26.0 Å². The summed E-state index contributed by atoms with van der Waals surface area (Å²) in [5, 5.41) is 14.6. The SMILES string of the molecule is C1CCOC1.CNOC.COCC(=O)C1CC1.COCC(=O)N(C)OC.COCC(=O)O.COCC(NC(=O)OCc1ccccc1)C1CC1.COC[C@@H](NC(=O)OCc1ccccc1)C1CC1.COC[C@H](NCl)C1CC1.Cl.[Br-].[CH-]1CC1.[Mg+2]. The zero-order valence-corrected chi connectivity index (χ0v) is 55.3. The van der Waals surface area contributed by atoms with Gasteiger partial charge in [-0.25, -0.2) is 42.6 Å². The van der Waals surface area contributed by atoms with Crippen molar-refractivity contribution >= 4 is 77.1 Å². The molecular weight excluding hydrogens is 1200 g/mol. The van der Waals surface area contributed by atoms with Crippen LogP contribution in [0.3, 0.4) is 0 Å². The minimum absolute atomic E-state index is 0. The number of benzene rings is 2. The summed E-state index contributed by atoms with van der Waals surface area (Å²) >= 11 is 5.45. The van der Waals surface area contributed by atoms with E-state index in [1.165, 1.54) is 66.9 Å². The molecule has 5 N–H and O–H groups in total. The smallest absolute Gasteiger partial charge is 1.00 e. The van der Waals surface area contributed by atoms with Crippen LogP contribution in [-0.2, 0) is 79.9 Å². The summed E-state index contributed by atoms with van der Waals surface area (Å²) in [4.78, 5) is 65.7. The molecule has 2 aromatic rings. The Morgan fingerprint density at radius 2 is 1.00 bits per heavy atom. The largest absolute Gasteiger partial charge is 2.00 e. The zero-order chi connectivity index (χ0) is 59.6. The second kappa shape index (κ2) is 59.3. The van der Waals surface area contributed by atoms with E-state index in [1.807, 2.05) is 60.7 Å². The number of nitrogens with one attached hydrogen (secondary N) is 4. The van der Waals surface area contributed by atoms with Gasteiger partial charge in [0.1, 0.15) is 33.0 Å². The molecule has 3 atom stereocenters. The van der Waals surface area contributed by atoms with Crippen molar-refractivity contribution in [1.29, 1.82) is 0 Å². The first-order valence-electron chi connectivity index (χ1n) is 27.1. The van der Waals surface area contributed by atoms with E-state index >= 15 is 0 Å². The molecule has 0 radical (unpaired) electrons. The first-order valence-corrected chi connectivity index (χ1v) is 27.5. The number of alkyl carbamates (subject to hydrolysis) is 2. The number of likely N-dealkylation sites (N-methyl/N-ethyl adjacent to an activating group) is 1. The fourth-order valence-corrected chi connectivity index (χ4v) is 6.57. The minimum Gasteiger partial charge on any atom is -1.00 e. The molecule has 5 aliphatic carbocycles. The van der Waals surface area contributed by atoms with E-state index < -0.39 is 5.97 Å². The molecule has 476 valence electrons. The standard InChI is InChI=1S/2C14H19NO3.C6H12ClNO.C6H10O2.C5H11NO3.C4H8O.C3H6O3.C3H5.C2H7NO.BrH.ClH.Mg/c2*1-17-10-13(12-7-8-12)15-14(16)18-9-11-5-3-2-4-6-11;1-9-4-6(8-7)5-2-3-5;1-8-4-6(7)5-2-3-5;1-6(9-3)5(7)4-8-2;1-2-4-5-3-1;1-6-2-3(4)5;1-2-3-1;1-3-4-2;;;/h2*2-6,12-13H,7-10H2,1H3,(H,15,16);5-6,8H,2-4H2,1H3;5H,2-4H2,1H3;4H2,1-3H3;1-4H2;2H2,1H3,(H,4,5);1H,2-3H2;3H,1-2H3;2*1H;/q;;;;;;;-1;;;;+2/p-1/t13-;;6-;;;;;;;;;/m1.0........./s1. The molecule has 6 aliphatic rings. The van der Waals surface area contributed by atoms with Crippen molar-refractivity contribution in [3.63, 3.8) is 0 Å². The van der Waals surface area contributed by atoms with Crippen LogP contribution in [0.5, 0.6) is 0 Å². The van der Waals surface area contributed by atoms with Crippen LogP contribution in [0.4, 0.5) is 9.59 Å². The Hall–Kier alpha value is -3.02. The van der Waals surface area contributed by atoms with E-state index in [0.717, 1.165) is 80.5 Å². The quantitative estimate of drug-likeness (QED) is 0.0399. The number of hydroxylamine groups is 3. The number of rotatable bonds is 25. The molecule has 2 aromatic carbocycles. The number of amides is 3. The Morgan fingerprint density at radius 1 is 0.627 bits per heavy atom. The fraction of sp³-hybridized carbons (Fsp3) is 0.684. The fourth-order valence-electron chi connectivity index (χ4n) is 6.33. The maximum atomic E-state index is 11.6. The number of carbonyl (C=O) groups excluding carboxylic acids is 4. The molecule has 0 aromatic heterocycles. The van der Waals surface area contributed by atoms with Crippen molar-refractivity contribution in [2.24, 2.45) is 23.7 Å². The number of hydrogen-bond donors (Lipinski definition) is 5. The first kappa shape index (κ1) is 86.4. The van der Waals surface area contributed by atoms with E-state index in [9.17, 15) is 24.0 Å². The normalized spacial score (nSPS) is 15.4. The van der Waals surface area contributed by atoms with Gasteiger partial charge in [0.2, 0.25) is 0 Å². The van der Waals surface area contributed by atoms with Gasteiger partial charge in [-0.05, 0) is 105 Å². The van der Waals surface area contributed by atoms with E-state index in [-0.39, 0.29) is 102 Å². The maximum absolute atomic E-state index is 11.6. The van der Waals surface area contributed by atoms with Gasteiger partial charge in [-0.2, -0.15) is 0 Å². The third-order valence-corrected chi connectivity index (χ3v) is 11.9. The van der Waals surface area contributed by atoms with Gasteiger partial charge in [0.15, 0.2) is 5.78 Å². The number of carboxylic acid groups (broad SMARTS) is 1. The van der Waals surface area contributed by atoms with Crippen molar-refractivity contribution < 1.29 is 98.4 Å². The summed E-state index contributed by atoms with van der Waals surface area (Å²) < 4.78 is 43.9. The number of carboxylic acids is 1. The number of ketones is 1. The van der Waals surface area contributed by atoms with Crippen LogP contribution >= 0.6 is 24.2 Å². The molecule has 5 saturated carbocycles. The number of halogens is 3. The van der Waals surface area contributed by atoms with Crippen LogP contribution in [0.25, 0.3) is 0 Å². The minimum atomic E-state index is -0.933. The van der Waals surface area contributed by atoms with Crippen molar-refractivity contribution in [3.8, 4) is 0 Å². The maximum Gasteiger partial charge on any atom is 2.00 e. The summed E-state index contributed by atoms with van der Waals surface area (Å²) in [5.41, 5.74) is 4.41. The van der Waals surface area contributed by atoms with Crippen LogP contribution in [0, 0.1) is 30.1 Å². The topological polar surface area (TPSA) is 258 Å². The first-order chi connectivity index (χ1) is 38.7. The Morgan fingerprint density at radius 3 is 1.25 bits per heavy atom. The number of aliphatic carboxylic acids is 1.